The molecule has 1 saturated heterocycles. The topological polar surface area (TPSA) is 37.0 Å². The summed E-state index contributed by atoms with van der Waals surface area (Å²) in [6.45, 7) is 0. The van der Waals surface area contributed by atoms with Crippen LogP contribution in [0.4, 0.5) is 20.4 Å². The van der Waals surface area contributed by atoms with Gasteiger partial charge in [0.1, 0.15) is 0 Å². The predicted molar refractivity (Wildman–Crippen MR) is 63.1 cm³/mol. The van der Waals surface area contributed by atoms with E-state index >= 15 is 0 Å². The number of aromatic nitrogens is 1. The van der Waals surface area contributed by atoms with Crippen LogP contribution in [0, 0.1) is 11.6 Å². The molecule has 1 aliphatic heterocycles. The van der Waals surface area contributed by atoms with E-state index in [0.717, 1.165) is 24.0 Å². The highest BCUT2D eigenvalue weighted by Gasteiger charge is 2.18. The summed E-state index contributed by atoms with van der Waals surface area (Å²) in [7, 11) is 1.55. The minimum absolute atomic E-state index is 0.0644. The molecule has 0 saturated carbocycles. The smallest absolute Gasteiger partial charge is 0.168 e. The molecule has 0 bridgehead atoms. The molecule has 0 amide bonds. The van der Waals surface area contributed by atoms with E-state index in [1.54, 1.807) is 7.05 Å². The minimum Gasteiger partial charge on any atom is -0.371 e. The molecule has 88 valence electrons. The maximum absolute atomic E-state index is 13.4. The second kappa shape index (κ2) is 4.86. The number of hydrogen-bond acceptors (Lipinski definition) is 4. The molecule has 2 N–H and O–H groups in total. The van der Waals surface area contributed by atoms with Gasteiger partial charge in [0.25, 0.3) is 0 Å². The summed E-state index contributed by atoms with van der Waals surface area (Å²) in [6, 6.07) is 1.07. The lowest BCUT2D eigenvalue weighted by atomic mass is 10.2. The fourth-order valence-corrected chi connectivity index (χ4v) is 2.74. The molecule has 0 radical (unpaired) electrons. The van der Waals surface area contributed by atoms with Crippen LogP contribution in [-0.2, 0) is 0 Å². The molecule has 0 aliphatic carbocycles. The SMILES string of the molecule is CNc1nc(NC2CCSC2)c(F)cc1F. The second-order valence-corrected chi connectivity index (χ2v) is 4.75. The Morgan fingerprint density at radius 1 is 1.38 bits per heavy atom. The molecule has 16 heavy (non-hydrogen) atoms. The van der Waals surface area contributed by atoms with Crippen LogP contribution in [0.3, 0.4) is 0 Å². The molecule has 1 unspecified atom stereocenters. The molecule has 1 aliphatic rings. The van der Waals surface area contributed by atoms with Gasteiger partial charge >= 0.3 is 0 Å². The molecule has 2 rings (SSSR count). The van der Waals surface area contributed by atoms with Crippen molar-refractivity contribution < 1.29 is 8.78 Å². The summed E-state index contributed by atoms with van der Waals surface area (Å²) in [5, 5.41) is 5.59. The summed E-state index contributed by atoms with van der Waals surface area (Å²) < 4.78 is 26.6. The Labute approximate surface area is 97.0 Å². The van der Waals surface area contributed by atoms with Crippen LogP contribution in [-0.4, -0.2) is 29.6 Å². The third-order valence-electron chi connectivity index (χ3n) is 2.44. The maximum atomic E-state index is 13.4. The molecule has 3 nitrogen and oxygen atoms in total. The molecule has 1 atom stereocenters. The monoisotopic (exact) mass is 245 g/mol. The number of pyridine rings is 1. The van der Waals surface area contributed by atoms with Gasteiger partial charge in [0, 0.05) is 24.9 Å². The molecule has 1 aromatic heterocycles. The van der Waals surface area contributed by atoms with E-state index < -0.39 is 11.6 Å². The zero-order valence-electron chi connectivity index (χ0n) is 8.89. The van der Waals surface area contributed by atoms with Gasteiger partial charge in [0.05, 0.1) is 0 Å². The second-order valence-electron chi connectivity index (χ2n) is 3.60. The van der Waals surface area contributed by atoms with E-state index in [9.17, 15) is 8.78 Å². The summed E-state index contributed by atoms with van der Waals surface area (Å²) in [4.78, 5) is 3.87. The largest absolute Gasteiger partial charge is 0.371 e. The van der Waals surface area contributed by atoms with Crippen molar-refractivity contribution in [2.75, 3.05) is 29.2 Å². The lowest BCUT2D eigenvalue weighted by molar-refractivity contribution is 0.576. The van der Waals surface area contributed by atoms with Crippen molar-refractivity contribution in [1.82, 2.24) is 4.98 Å². The van der Waals surface area contributed by atoms with Gasteiger partial charge in [-0.25, -0.2) is 13.8 Å². The summed E-state index contributed by atoms with van der Waals surface area (Å²) in [5.74, 6) is 0.875. The minimum atomic E-state index is -0.675. The normalized spacial score (nSPS) is 19.8. The predicted octanol–water partition coefficient (Wildman–Crippen LogP) is 2.32. The van der Waals surface area contributed by atoms with Crippen molar-refractivity contribution in [2.45, 2.75) is 12.5 Å². The molecule has 1 fully saturated rings. The fourth-order valence-electron chi connectivity index (χ4n) is 1.58. The Kier molecular flexibility index (Phi) is 3.48. The number of thioether (sulfide) groups is 1. The summed E-state index contributed by atoms with van der Waals surface area (Å²) >= 11 is 1.82. The van der Waals surface area contributed by atoms with Crippen LogP contribution in [0.1, 0.15) is 6.42 Å². The first-order valence-electron chi connectivity index (χ1n) is 5.09. The van der Waals surface area contributed by atoms with Crippen LogP contribution >= 0.6 is 11.8 Å². The van der Waals surface area contributed by atoms with Gasteiger partial charge < -0.3 is 10.6 Å². The molecule has 0 spiro atoms. The fraction of sp³-hybridized carbons (Fsp3) is 0.500. The van der Waals surface area contributed by atoms with Crippen LogP contribution in [0.15, 0.2) is 6.07 Å². The Hall–Kier alpha value is -1.04. The standard InChI is InChI=1S/C10H13F2N3S/c1-13-9-7(11)4-8(12)10(15-9)14-6-2-3-16-5-6/h4,6H,2-3,5H2,1H3,(H2,13,14,15). The number of nitrogens with one attached hydrogen (secondary N) is 2. The first kappa shape index (κ1) is 11.4. The van der Waals surface area contributed by atoms with Gasteiger partial charge in [-0.2, -0.15) is 11.8 Å². The van der Waals surface area contributed by atoms with Gasteiger partial charge in [-0.1, -0.05) is 0 Å². The molecule has 1 aromatic rings. The molecule has 6 heteroatoms. The molecular weight excluding hydrogens is 232 g/mol. The van der Waals surface area contributed by atoms with E-state index in [4.69, 9.17) is 0 Å². The lowest BCUT2D eigenvalue weighted by Crippen LogP contribution is -2.20. The quantitative estimate of drug-likeness (QED) is 0.857. The number of hydrogen-bond donors (Lipinski definition) is 2. The Morgan fingerprint density at radius 3 is 2.75 bits per heavy atom. The Morgan fingerprint density at radius 2 is 2.12 bits per heavy atom. The van der Waals surface area contributed by atoms with E-state index in [-0.39, 0.29) is 17.7 Å². The average Bonchev–Trinajstić information content (AvgIpc) is 2.75. The van der Waals surface area contributed by atoms with Gasteiger partial charge in [0.2, 0.25) is 0 Å². The van der Waals surface area contributed by atoms with Crippen LogP contribution in [0.25, 0.3) is 0 Å². The van der Waals surface area contributed by atoms with Crippen molar-refractivity contribution in [3.05, 3.63) is 17.7 Å². The van der Waals surface area contributed by atoms with Crippen LogP contribution in [0.2, 0.25) is 0 Å². The van der Waals surface area contributed by atoms with Crippen molar-refractivity contribution in [3.8, 4) is 0 Å². The third kappa shape index (κ3) is 2.37. The first-order chi connectivity index (χ1) is 7.70. The molecule has 0 aromatic carbocycles. The van der Waals surface area contributed by atoms with Gasteiger partial charge in [-0.15, -0.1) is 0 Å². The van der Waals surface area contributed by atoms with E-state index in [0.29, 0.717) is 0 Å². The third-order valence-corrected chi connectivity index (χ3v) is 3.60. The maximum Gasteiger partial charge on any atom is 0.168 e. The average molecular weight is 245 g/mol. The summed E-state index contributed by atoms with van der Waals surface area (Å²) in [5.41, 5.74) is 0. The zero-order valence-corrected chi connectivity index (χ0v) is 9.70. The van der Waals surface area contributed by atoms with Crippen molar-refractivity contribution in [3.63, 3.8) is 0 Å². The van der Waals surface area contributed by atoms with Crippen molar-refractivity contribution in [1.29, 1.82) is 0 Å². The van der Waals surface area contributed by atoms with Crippen LogP contribution in [0.5, 0.6) is 0 Å². The first-order valence-corrected chi connectivity index (χ1v) is 6.24. The zero-order chi connectivity index (χ0) is 11.5. The molecule has 2 heterocycles. The van der Waals surface area contributed by atoms with Gasteiger partial charge in [-0.3, -0.25) is 0 Å². The van der Waals surface area contributed by atoms with Crippen molar-refractivity contribution in [2.24, 2.45) is 0 Å². The highest BCUT2D eigenvalue weighted by atomic mass is 32.2. The lowest BCUT2D eigenvalue weighted by Gasteiger charge is -2.13. The highest BCUT2D eigenvalue weighted by Crippen LogP contribution is 2.24. The summed E-state index contributed by atoms with van der Waals surface area (Å²) in [6.07, 6.45) is 0.984. The Bertz CT molecular complexity index is 381. The molecular formula is C10H13F2N3S. The van der Waals surface area contributed by atoms with E-state index in [1.165, 1.54) is 0 Å². The van der Waals surface area contributed by atoms with Gasteiger partial charge in [-0.05, 0) is 12.2 Å². The van der Waals surface area contributed by atoms with Gasteiger partial charge in [0.15, 0.2) is 23.3 Å². The number of halogens is 2. The van der Waals surface area contributed by atoms with E-state index in [2.05, 4.69) is 15.6 Å². The number of nitrogens with zero attached hydrogens (tertiary/aromatic N) is 1. The number of rotatable bonds is 3. The Balaban J connectivity index is 2.18. The van der Waals surface area contributed by atoms with E-state index in [1.807, 2.05) is 11.8 Å². The highest BCUT2D eigenvalue weighted by molar-refractivity contribution is 7.99. The van der Waals surface area contributed by atoms with Crippen LogP contribution < -0.4 is 10.6 Å². The van der Waals surface area contributed by atoms with Crippen molar-refractivity contribution >= 4 is 23.4 Å². The number of anilines is 2.